The van der Waals surface area contributed by atoms with Crippen molar-refractivity contribution in [2.75, 3.05) is 5.32 Å². The molecule has 1 atom stereocenters. The highest BCUT2D eigenvalue weighted by Gasteiger charge is 2.59. The summed E-state index contributed by atoms with van der Waals surface area (Å²) >= 11 is 4.12. The number of amides is 1. The number of rotatable bonds is 3. The first-order valence-electron chi connectivity index (χ1n) is 12.6. The summed E-state index contributed by atoms with van der Waals surface area (Å²) in [5.41, 5.74) is 7.48. The van der Waals surface area contributed by atoms with Gasteiger partial charge in [0.2, 0.25) is 11.9 Å². The Morgan fingerprint density at radius 3 is 2.24 bits per heavy atom. The van der Waals surface area contributed by atoms with Crippen molar-refractivity contribution in [1.82, 2.24) is 9.97 Å². The van der Waals surface area contributed by atoms with Gasteiger partial charge in [0.25, 0.3) is 0 Å². The van der Waals surface area contributed by atoms with Crippen LogP contribution in [0.4, 0.5) is 5.95 Å². The van der Waals surface area contributed by atoms with Crippen LogP contribution in [0.3, 0.4) is 0 Å². The summed E-state index contributed by atoms with van der Waals surface area (Å²) in [6, 6.07) is 29.6. The van der Waals surface area contributed by atoms with Crippen LogP contribution in [0, 0.1) is 12.3 Å². The van der Waals surface area contributed by atoms with Crippen LogP contribution in [0.2, 0.25) is 0 Å². The number of carbonyl (C=O) groups is 1. The number of anilines is 1. The third-order valence-electron chi connectivity index (χ3n) is 8.40. The fourth-order valence-electron chi connectivity index (χ4n) is 6.68. The number of imidazole rings is 1. The number of hydrogen-bond donors (Lipinski definition) is 2. The topological polar surface area (TPSA) is 57.8 Å². The van der Waals surface area contributed by atoms with Crippen molar-refractivity contribution in [3.05, 3.63) is 119 Å². The van der Waals surface area contributed by atoms with E-state index in [2.05, 4.69) is 130 Å². The molecule has 5 aromatic rings. The van der Waals surface area contributed by atoms with E-state index in [1.807, 2.05) is 0 Å². The number of carbonyl (C=O) groups excluding carboxylic acids is 1. The van der Waals surface area contributed by atoms with Crippen LogP contribution in [-0.4, -0.2) is 15.9 Å². The van der Waals surface area contributed by atoms with Crippen molar-refractivity contribution >= 4 is 38.6 Å². The predicted octanol–water partition coefficient (Wildman–Crippen LogP) is 7.67. The van der Waals surface area contributed by atoms with E-state index >= 15 is 0 Å². The molecule has 2 bridgehead atoms. The lowest BCUT2D eigenvalue weighted by Crippen LogP contribution is -2.52. The van der Waals surface area contributed by atoms with E-state index in [1.165, 1.54) is 33.2 Å². The molecular formula is C32H26BrN3O. The predicted molar refractivity (Wildman–Crippen MR) is 152 cm³/mol. The van der Waals surface area contributed by atoms with Crippen LogP contribution in [0.5, 0.6) is 0 Å². The lowest BCUT2D eigenvalue weighted by Gasteiger charge is -2.54. The highest BCUT2D eigenvalue weighted by molar-refractivity contribution is 9.09. The second kappa shape index (κ2) is 7.90. The van der Waals surface area contributed by atoms with Gasteiger partial charge >= 0.3 is 0 Å². The zero-order valence-corrected chi connectivity index (χ0v) is 22.3. The van der Waals surface area contributed by atoms with Crippen LogP contribution in [0.15, 0.2) is 91.1 Å². The number of hydrogen-bond acceptors (Lipinski definition) is 2. The number of H-pyrrole nitrogens is 1. The lowest BCUT2D eigenvalue weighted by molar-refractivity contribution is -0.127. The summed E-state index contributed by atoms with van der Waals surface area (Å²) in [5, 5.41) is 5.51. The number of benzene rings is 4. The Balaban J connectivity index is 1.26. The van der Waals surface area contributed by atoms with Crippen molar-refractivity contribution in [3.63, 3.8) is 0 Å². The number of aromatic nitrogens is 2. The lowest BCUT2D eigenvalue weighted by atomic mass is 9.52. The first kappa shape index (κ1) is 22.5. The molecular weight excluding hydrogens is 522 g/mol. The Morgan fingerprint density at radius 1 is 0.919 bits per heavy atom. The minimum Gasteiger partial charge on any atom is -0.324 e. The SMILES string of the molecule is Cc1ccc(-c2cnc(NC(=O)C3(C)CC4(Br)c5ccccc5C3c3ccccc34)[nH]2)c2ccccc12. The second-order valence-electron chi connectivity index (χ2n) is 10.6. The number of aromatic amines is 1. The number of nitrogens with one attached hydrogen (secondary N) is 2. The van der Waals surface area contributed by atoms with Crippen LogP contribution in [0.1, 0.15) is 47.1 Å². The first-order chi connectivity index (χ1) is 17.9. The van der Waals surface area contributed by atoms with E-state index in [9.17, 15) is 4.79 Å². The van der Waals surface area contributed by atoms with Gasteiger partial charge in [0, 0.05) is 11.5 Å². The normalized spacial score (nSPS) is 23.5. The maximum absolute atomic E-state index is 14.1. The highest BCUT2D eigenvalue weighted by atomic mass is 79.9. The second-order valence-corrected chi connectivity index (χ2v) is 11.9. The van der Waals surface area contributed by atoms with E-state index in [0.29, 0.717) is 12.4 Å². The molecule has 0 saturated carbocycles. The molecule has 182 valence electrons. The van der Waals surface area contributed by atoms with Gasteiger partial charge in [-0.15, -0.1) is 0 Å². The highest BCUT2D eigenvalue weighted by Crippen LogP contribution is 2.66. The average molecular weight is 548 g/mol. The van der Waals surface area contributed by atoms with Crippen molar-refractivity contribution in [2.24, 2.45) is 5.41 Å². The van der Waals surface area contributed by atoms with Gasteiger partial charge in [0.05, 0.1) is 21.6 Å². The van der Waals surface area contributed by atoms with Gasteiger partial charge in [-0.05, 0) is 58.9 Å². The molecule has 2 N–H and O–H groups in total. The minimum atomic E-state index is -0.657. The summed E-state index contributed by atoms with van der Waals surface area (Å²) in [5.74, 6) is 0.410. The average Bonchev–Trinajstić information content (AvgIpc) is 3.37. The van der Waals surface area contributed by atoms with E-state index in [4.69, 9.17) is 0 Å². The standard InChI is InChI=1S/C32H26BrN3O/c1-19-15-16-22(21-10-4-3-9-20(19)21)27-17-34-30(35-27)36-29(37)31(2)18-32(33)25-13-7-5-11-23(25)28(31)24-12-6-8-14-26(24)32/h3-17,28H,18H2,1-2H3,(H2,34,35,36,37). The van der Waals surface area contributed by atoms with Gasteiger partial charge in [-0.1, -0.05) is 101 Å². The molecule has 1 heterocycles. The summed E-state index contributed by atoms with van der Waals surface area (Å²) in [6.45, 7) is 4.21. The summed E-state index contributed by atoms with van der Waals surface area (Å²) in [4.78, 5) is 22.0. The van der Waals surface area contributed by atoms with Gasteiger partial charge < -0.3 is 4.98 Å². The third kappa shape index (κ3) is 3.13. The van der Waals surface area contributed by atoms with Crippen molar-refractivity contribution in [2.45, 2.75) is 30.5 Å². The first-order valence-corrected chi connectivity index (χ1v) is 13.4. The molecule has 0 spiro atoms. The number of halogens is 1. The Kier molecular flexibility index (Phi) is 4.80. The summed E-state index contributed by atoms with van der Waals surface area (Å²) in [7, 11) is 0. The van der Waals surface area contributed by atoms with Gasteiger partial charge in [-0.2, -0.15) is 0 Å². The maximum atomic E-state index is 14.1. The van der Waals surface area contributed by atoms with Crippen LogP contribution >= 0.6 is 15.9 Å². The Morgan fingerprint density at radius 2 is 1.54 bits per heavy atom. The van der Waals surface area contributed by atoms with Crippen LogP contribution in [0.25, 0.3) is 22.0 Å². The van der Waals surface area contributed by atoms with Gasteiger partial charge in [-0.3, -0.25) is 10.1 Å². The Hall–Kier alpha value is -3.70. The fourth-order valence-corrected chi connectivity index (χ4v) is 7.99. The fraction of sp³-hybridized carbons (Fsp3) is 0.188. The summed E-state index contributed by atoms with van der Waals surface area (Å²) < 4.78 is -0.407. The monoisotopic (exact) mass is 547 g/mol. The zero-order chi connectivity index (χ0) is 25.4. The van der Waals surface area contributed by atoms with Crippen LogP contribution < -0.4 is 5.32 Å². The Bertz CT molecular complexity index is 1670. The Labute approximate surface area is 224 Å². The van der Waals surface area contributed by atoms with E-state index in [0.717, 1.165) is 16.6 Å². The molecule has 1 unspecified atom stereocenters. The largest absolute Gasteiger partial charge is 0.324 e. The third-order valence-corrected chi connectivity index (χ3v) is 9.54. The van der Waals surface area contributed by atoms with E-state index < -0.39 is 9.74 Å². The molecule has 1 aromatic heterocycles. The summed E-state index contributed by atoms with van der Waals surface area (Å²) in [6.07, 6.45) is 2.47. The van der Waals surface area contributed by atoms with Gasteiger partial charge in [0.1, 0.15) is 0 Å². The van der Waals surface area contributed by atoms with Crippen molar-refractivity contribution in [3.8, 4) is 11.3 Å². The molecule has 1 amide bonds. The van der Waals surface area contributed by atoms with E-state index in [1.54, 1.807) is 6.20 Å². The quantitative estimate of drug-likeness (QED) is 0.227. The number of alkyl halides is 1. The molecule has 3 aliphatic carbocycles. The smallest absolute Gasteiger partial charge is 0.233 e. The molecule has 5 heteroatoms. The molecule has 37 heavy (non-hydrogen) atoms. The number of fused-ring (bicyclic) bond motifs is 2. The van der Waals surface area contributed by atoms with Crippen LogP contribution in [-0.2, 0) is 9.12 Å². The van der Waals surface area contributed by atoms with Gasteiger partial charge in [0.15, 0.2) is 0 Å². The van der Waals surface area contributed by atoms with Crippen molar-refractivity contribution in [1.29, 1.82) is 0 Å². The molecule has 4 aromatic carbocycles. The molecule has 0 fully saturated rings. The number of aryl methyl sites for hydroxylation is 1. The molecule has 0 radical (unpaired) electrons. The molecule has 3 aliphatic rings. The molecule has 8 rings (SSSR count). The number of nitrogens with zero attached hydrogens (tertiary/aromatic N) is 1. The molecule has 4 nitrogen and oxygen atoms in total. The molecule has 0 saturated heterocycles. The molecule has 0 aliphatic heterocycles. The minimum absolute atomic E-state index is 0.0278. The van der Waals surface area contributed by atoms with Gasteiger partial charge in [-0.25, -0.2) is 4.98 Å². The zero-order valence-electron chi connectivity index (χ0n) is 20.7. The maximum Gasteiger partial charge on any atom is 0.233 e. The van der Waals surface area contributed by atoms with Crippen molar-refractivity contribution < 1.29 is 4.79 Å². The van der Waals surface area contributed by atoms with E-state index in [-0.39, 0.29) is 11.8 Å².